The van der Waals surface area contributed by atoms with Gasteiger partial charge in [-0.3, -0.25) is 4.79 Å². The van der Waals surface area contributed by atoms with Crippen LogP contribution < -0.4 is 20.6 Å². The summed E-state index contributed by atoms with van der Waals surface area (Å²) in [4.78, 5) is 24.3. The summed E-state index contributed by atoms with van der Waals surface area (Å²) in [5, 5.41) is 3.93. The predicted octanol–water partition coefficient (Wildman–Crippen LogP) is 3.26. The largest absolute Gasteiger partial charge is 0.493 e. The van der Waals surface area contributed by atoms with Crippen LogP contribution in [0.3, 0.4) is 0 Å². The summed E-state index contributed by atoms with van der Waals surface area (Å²) in [6, 6.07) is 20.3. The van der Waals surface area contributed by atoms with E-state index in [2.05, 4.69) is 10.5 Å². The summed E-state index contributed by atoms with van der Waals surface area (Å²) in [6.45, 7) is 0. The van der Waals surface area contributed by atoms with Crippen LogP contribution in [0.4, 0.5) is 5.69 Å². The van der Waals surface area contributed by atoms with Crippen LogP contribution in [-0.4, -0.2) is 25.2 Å². The summed E-state index contributed by atoms with van der Waals surface area (Å²) < 4.78 is 10.7. The lowest BCUT2D eigenvalue weighted by Gasteiger charge is -2.10. The van der Waals surface area contributed by atoms with E-state index in [0.717, 1.165) is 0 Å². The third-order valence-corrected chi connectivity index (χ3v) is 3.98. The Morgan fingerprint density at radius 1 is 0.966 bits per heavy atom. The lowest BCUT2D eigenvalue weighted by Crippen LogP contribution is -2.19. The Morgan fingerprint density at radius 3 is 2.41 bits per heavy atom. The van der Waals surface area contributed by atoms with Crippen molar-refractivity contribution in [1.29, 1.82) is 0 Å². The molecule has 0 spiro atoms. The molecule has 0 unspecified atom stereocenters. The van der Waals surface area contributed by atoms with Crippen molar-refractivity contribution in [3.8, 4) is 11.5 Å². The summed E-state index contributed by atoms with van der Waals surface area (Å²) in [6.07, 6.45) is 1.45. The van der Waals surface area contributed by atoms with Gasteiger partial charge in [-0.25, -0.2) is 10.2 Å². The quantitative estimate of drug-likeness (QED) is 0.221. The maximum absolute atomic E-state index is 12.2. The van der Waals surface area contributed by atoms with Crippen molar-refractivity contribution in [2.75, 3.05) is 12.8 Å². The van der Waals surface area contributed by atoms with Crippen LogP contribution in [-0.2, 0) is 0 Å². The zero-order chi connectivity index (χ0) is 20.6. The van der Waals surface area contributed by atoms with E-state index in [1.165, 1.54) is 13.3 Å². The molecule has 0 saturated carbocycles. The van der Waals surface area contributed by atoms with Crippen LogP contribution in [0.5, 0.6) is 11.5 Å². The highest BCUT2D eigenvalue weighted by atomic mass is 16.6. The number of methoxy groups -OCH3 is 1. The van der Waals surface area contributed by atoms with Gasteiger partial charge in [0.2, 0.25) is 0 Å². The number of anilines is 1. The molecule has 0 aliphatic heterocycles. The maximum atomic E-state index is 12.2. The molecule has 3 aromatic rings. The van der Waals surface area contributed by atoms with Crippen LogP contribution in [0.15, 0.2) is 77.9 Å². The van der Waals surface area contributed by atoms with E-state index in [1.807, 2.05) is 6.07 Å². The first-order valence-corrected chi connectivity index (χ1v) is 8.71. The van der Waals surface area contributed by atoms with Crippen molar-refractivity contribution in [3.05, 3.63) is 89.5 Å². The lowest BCUT2D eigenvalue weighted by molar-refractivity contribution is 0.0729. The molecule has 1 amide bonds. The van der Waals surface area contributed by atoms with Crippen LogP contribution in [0.25, 0.3) is 0 Å². The van der Waals surface area contributed by atoms with E-state index in [0.29, 0.717) is 28.1 Å². The van der Waals surface area contributed by atoms with Crippen molar-refractivity contribution < 1.29 is 19.1 Å². The highest BCUT2D eigenvalue weighted by Crippen LogP contribution is 2.28. The van der Waals surface area contributed by atoms with Crippen LogP contribution >= 0.6 is 0 Å². The number of nitrogen functional groups attached to an aromatic ring is 1. The molecule has 0 aliphatic carbocycles. The number of hydrogen-bond donors (Lipinski definition) is 2. The second kappa shape index (κ2) is 9.18. The minimum absolute atomic E-state index is 0.277. The van der Waals surface area contributed by atoms with Gasteiger partial charge >= 0.3 is 5.97 Å². The van der Waals surface area contributed by atoms with Gasteiger partial charge in [0.05, 0.1) is 24.5 Å². The van der Waals surface area contributed by atoms with Crippen molar-refractivity contribution in [2.24, 2.45) is 5.10 Å². The van der Waals surface area contributed by atoms with Gasteiger partial charge in [-0.05, 0) is 48.0 Å². The predicted molar refractivity (Wildman–Crippen MR) is 110 cm³/mol. The topological polar surface area (TPSA) is 103 Å². The first kappa shape index (κ1) is 19.6. The second-order valence-corrected chi connectivity index (χ2v) is 5.95. The van der Waals surface area contributed by atoms with Gasteiger partial charge in [-0.1, -0.05) is 30.3 Å². The van der Waals surface area contributed by atoms with E-state index >= 15 is 0 Å². The molecule has 7 nitrogen and oxygen atoms in total. The highest BCUT2D eigenvalue weighted by molar-refractivity contribution is 5.99. The molecular weight excluding hydrogens is 370 g/mol. The van der Waals surface area contributed by atoms with Crippen molar-refractivity contribution >= 4 is 23.8 Å². The fraction of sp³-hybridized carbons (Fsp3) is 0.0455. The first-order chi connectivity index (χ1) is 14.1. The fourth-order valence-electron chi connectivity index (χ4n) is 2.51. The number of benzene rings is 3. The third-order valence-electron chi connectivity index (χ3n) is 3.98. The van der Waals surface area contributed by atoms with Crippen LogP contribution in [0.2, 0.25) is 0 Å². The van der Waals surface area contributed by atoms with Crippen molar-refractivity contribution in [2.45, 2.75) is 0 Å². The lowest BCUT2D eigenvalue weighted by atomic mass is 10.2. The summed E-state index contributed by atoms with van der Waals surface area (Å²) in [5.74, 6) is -0.269. The van der Waals surface area contributed by atoms with Gasteiger partial charge in [-0.2, -0.15) is 5.10 Å². The molecule has 0 bridgehead atoms. The number of amides is 1. The first-order valence-electron chi connectivity index (χ1n) is 8.71. The summed E-state index contributed by atoms with van der Waals surface area (Å²) in [5.41, 5.74) is 9.97. The normalized spacial score (nSPS) is 10.5. The number of hydrogen-bond acceptors (Lipinski definition) is 6. The van der Waals surface area contributed by atoms with E-state index in [4.69, 9.17) is 15.2 Å². The molecule has 0 aliphatic rings. The van der Waals surface area contributed by atoms with Gasteiger partial charge in [0, 0.05) is 5.69 Å². The zero-order valence-electron chi connectivity index (χ0n) is 15.7. The SMILES string of the molecule is COc1cc(/C=N/NC(=O)c2ccccc2N)ccc1OC(=O)c1ccccc1. The van der Waals surface area contributed by atoms with Gasteiger partial charge in [0.15, 0.2) is 11.5 Å². The Balaban J connectivity index is 1.68. The molecule has 146 valence electrons. The minimum Gasteiger partial charge on any atom is -0.493 e. The minimum atomic E-state index is -0.488. The zero-order valence-corrected chi connectivity index (χ0v) is 15.7. The molecule has 3 N–H and O–H groups in total. The molecule has 0 saturated heterocycles. The fourth-order valence-corrected chi connectivity index (χ4v) is 2.51. The molecule has 0 heterocycles. The Hall–Kier alpha value is -4.13. The Kier molecular flexibility index (Phi) is 6.22. The van der Waals surface area contributed by atoms with Gasteiger partial charge in [0.25, 0.3) is 5.91 Å². The summed E-state index contributed by atoms with van der Waals surface area (Å²) >= 11 is 0. The van der Waals surface area contributed by atoms with Crippen molar-refractivity contribution in [3.63, 3.8) is 0 Å². The smallest absolute Gasteiger partial charge is 0.343 e. The number of carbonyl (C=O) groups is 2. The average Bonchev–Trinajstić information content (AvgIpc) is 2.75. The molecule has 3 aromatic carbocycles. The number of rotatable bonds is 6. The highest BCUT2D eigenvalue weighted by Gasteiger charge is 2.12. The Morgan fingerprint density at radius 2 is 1.69 bits per heavy atom. The standard InChI is InChI=1S/C22H19N3O4/c1-28-20-13-15(14-24-25-21(26)17-9-5-6-10-18(17)23)11-12-19(20)29-22(27)16-7-3-2-4-8-16/h2-14H,23H2,1H3,(H,25,26)/b24-14+. The molecule has 3 rings (SSSR count). The number of hydrazone groups is 1. The molecule has 0 atom stereocenters. The molecule has 0 radical (unpaired) electrons. The number of nitrogens with zero attached hydrogens (tertiary/aromatic N) is 1. The number of para-hydroxylation sites is 1. The Bertz CT molecular complexity index is 1050. The maximum Gasteiger partial charge on any atom is 0.343 e. The number of ether oxygens (including phenoxy) is 2. The second-order valence-electron chi connectivity index (χ2n) is 5.95. The van der Waals surface area contributed by atoms with E-state index in [-0.39, 0.29) is 5.75 Å². The van der Waals surface area contributed by atoms with Gasteiger partial charge in [-0.15, -0.1) is 0 Å². The monoisotopic (exact) mass is 389 g/mol. The number of nitrogens with one attached hydrogen (secondary N) is 1. The Labute approximate surface area is 167 Å². The number of carbonyl (C=O) groups excluding carboxylic acids is 2. The van der Waals surface area contributed by atoms with Crippen LogP contribution in [0.1, 0.15) is 26.3 Å². The molecule has 7 heteroatoms. The molecular formula is C22H19N3O4. The van der Waals surface area contributed by atoms with Crippen molar-refractivity contribution in [1.82, 2.24) is 5.43 Å². The van der Waals surface area contributed by atoms with Gasteiger partial charge < -0.3 is 15.2 Å². The average molecular weight is 389 g/mol. The molecule has 29 heavy (non-hydrogen) atoms. The number of esters is 1. The van der Waals surface area contributed by atoms with Crippen LogP contribution in [0, 0.1) is 0 Å². The molecule has 0 aromatic heterocycles. The van der Waals surface area contributed by atoms with Gasteiger partial charge in [0.1, 0.15) is 0 Å². The van der Waals surface area contributed by atoms with E-state index < -0.39 is 11.9 Å². The third kappa shape index (κ3) is 4.98. The molecule has 0 fully saturated rings. The van der Waals surface area contributed by atoms with E-state index in [1.54, 1.807) is 66.7 Å². The number of nitrogens with two attached hydrogens (primary N) is 1. The summed E-state index contributed by atoms with van der Waals surface area (Å²) in [7, 11) is 1.47. The van der Waals surface area contributed by atoms with E-state index in [9.17, 15) is 9.59 Å².